The number of aromatic nitrogens is 1. The van der Waals surface area contributed by atoms with E-state index in [9.17, 15) is 4.79 Å². The smallest absolute Gasteiger partial charge is 0.253 e. The molecule has 0 saturated heterocycles. The number of benzene rings is 2. The molecule has 3 rings (SSSR count). The number of pyridine rings is 1. The molecule has 1 aromatic heterocycles. The van der Waals surface area contributed by atoms with Crippen LogP contribution in [0.2, 0.25) is 0 Å². The fraction of sp³-hybridized carbons (Fsp3) is 0.200. The lowest BCUT2D eigenvalue weighted by molar-refractivity contribution is 0.0671. The number of rotatable bonds is 6. The topological polar surface area (TPSA) is 42.4 Å². The SMILES string of the molecule is CN(CCOCc1ccccc1)C(=O)c1ccc2ncccc2c1. The van der Waals surface area contributed by atoms with Gasteiger partial charge in [0.1, 0.15) is 0 Å². The summed E-state index contributed by atoms with van der Waals surface area (Å²) in [6.45, 7) is 1.62. The molecule has 0 spiro atoms. The molecule has 0 aliphatic heterocycles. The first kappa shape index (κ1) is 16.1. The van der Waals surface area contributed by atoms with Gasteiger partial charge in [0.25, 0.3) is 5.91 Å². The Kier molecular flexibility index (Phi) is 5.18. The zero-order valence-electron chi connectivity index (χ0n) is 13.7. The molecule has 0 radical (unpaired) electrons. The Morgan fingerprint density at radius 3 is 2.75 bits per heavy atom. The zero-order valence-corrected chi connectivity index (χ0v) is 13.7. The number of hydrogen-bond donors (Lipinski definition) is 0. The summed E-state index contributed by atoms with van der Waals surface area (Å²) in [6.07, 6.45) is 1.75. The summed E-state index contributed by atoms with van der Waals surface area (Å²) >= 11 is 0. The van der Waals surface area contributed by atoms with Crippen molar-refractivity contribution in [2.24, 2.45) is 0 Å². The summed E-state index contributed by atoms with van der Waals surface area (Å²) in [6, 6.07) is 19.4. The Labute approximate surface area is 141 Å². The van der Waals surface area contributed by atoms with Gasteiger partial charge in [0, 0.05) is 30.7 Å². The molecule has 1 heterocycles. The molecule has 0 fully saturated rings. The van der Waals surface area contributed by atoms with E-state index in [1.165, 1.54) is 0 Å². The summed E-state index contributed by atoms with van der Waals surface area (Å²) in [5.74, 6) is -0.0101. The van der Waals surface area contributed by atoms with Crippen LogP contribution in [0.1, 0.15) is 15.9 Å². The molecule has 0 atom stereocenters. The maximum Gasteiger partial charge on any atom is 0.253 e. The summed E-state index contributed by atoms with van der Waals surface area (Å²) < 4.78 is 5.64. The molecule has 4 nitrogen and oxygen atoms in total. The molecule has 3 aromatic rings. The van der Waals surface area contributed by atoms with Gasteiger partial charge in [0.05, 0.1) is 18.7 Å². The van der Waals surface area contributed by atoms with E-state index in [2.05, 4.69) is 4.98 Å². The average Bonchev–Trinajstić information content (AvgIpc) is 2.65. The Balaban J connectivity index is 1.53. The average molecular weight is 320 g/mol. The molecule has 1 amide bonds. The molecule has 0 bridgehead atoms. The van der Waals surface area contributed by atoms with Crippen LogP contribution in [-0.4, -0.2) is 36.0 Å². The van der Waals surface area contributed by atoms with E-state index >= 15 is 0 Å². The van der Waals surface area contributed by atoms with Crippen molar-refractivity contribution in [3.05, 3.63) is 78.0 Å². The second-order valence-electron chi connectivity index (χ2n) is 5.68. The third-order valence-electron chi connectivity index (χ3n) is 3.88. The summed E-state index contributed by atoms with van der Waals surface area (Å²) in [4.78, 5) is 18.5. The molecule has 24 heavy (non-hydrogen) atoms. The third kappa shape index (κ3) is 3.97. The number of hydrogen-bond acceptors (Lipinski definition) is 3. The monoisotopic (exact) mass is 320 g/mol. The van der Waals surface area contributed by atoms with Gasteiger partial charge < -0.3 is 9.64 Å². The van der Waals surface area contributed by atoms with Crippen molar-refractivity contribution in [2.75, 3.05) is 20.2 Å². The van der Waals surface area contributed by atoms with Crippen molar-refractivity contribution in [3.8, 4) is 0 Å². The minimum absolute atomic E-state index is 0.0101. The van der Waals surface area contributed by atoms with E-state index in [1.54, 1.807) is 18.1 Å². The molecule has 4 heteroatoms. The summed E-state index contributed by atoms with van der Waals surface area (Å²) in [5, 5.41) is 0.970. The van der Waals surface area contributed by atoms with Gasteiger partial charge in [0.15, 0.2) is 0 Å². The van der Waals surface area contributed by atoms with E-state index in [0.717, 1.165) is 16.5 Å². The lowest BCUT2D eigenvalue weighted by Crippen LogP contribution is -2.30. The van der Waals surface area contributed by atoms with Crippen molar-refractivity contribution >= 4 is 16.8 Å². The van der Waals surface area contributed by atoms with Gasteiger partial charge in [0.2, 0.25) is 0 Å². The van der Waals surface area contributed by atoms with Gasteiger partial charge in [-0.1, -0.05) is 36.4 Å². The van der Waals surface area contributed by atoms with Gasteiger partial charge in [-0.05, 0) is 29.8 Å². The largest absolute Gasteiger partial charge is 0.375 e. The Morgan fingerprint density at radius 1 is 1.08 bits per heavy atom. The van der Waals surface area contributed by atoms with Crippen LogP contribution in [-0.2, 0) is 11.3 Å². The van der Waals surface area contributed by atoms with Crippen LogP contribution in [0.3, 0.4) is 0 Å². The van der Waals surface area contributed by atoms with Crippen LogP contribution >= 0.6 is 0 Å². The number of fused-ring (bicyclic) bond motifs is 1. The molecule has 0 aliphatic carbocycles. The highest BCUT2D eigenvalue weighted by Gasteiger charge is 2.12. The second-order valence-corrected chi connectivity index (χ2v) is 5.68. The van der Waals surface area contributed by atoms with E-state index in [-0.39, 0.29) is 5.91 Å². The first-order valence-electron chi connectivity index (χ1n) is 7.96. The highest BCUT2D eigenvalue weighted by Crippen LogP contribution is 2.14. The fourth-order valence-corrected chi connectivity index (χ4v) is 2.50. The minimum atomic E-state index is -0.0101. The molecular formula is C20H20N2O2. The molecule has 0 aliphatic rings. The quantitative estimate of drug-likeness (QED) is 0.653. The normalized spacial score (nSPS) is 10.7. The maximum atomic E-state index is 12.5. The van der Waals surface area contributed by atoms with Gasteiger partial charge in [-0.3, -0.25) is 9.78 Å². The van der Waals surface area contributed by atoms with E-state index in [4.69, 9.17) is 4.74 Å². The second kappa shape index (κ2) is 7.70. The van der Waals surface area contributed by atoms with Crippen molar-refractivity contribution < 1.29 is 9.53 Å². The summed E-state index contributed by atoms with van der Waals surface area (Å²) in [5.41, 5.74) is 2.69. The molecular weight excluding hydrogens is 300 g/mol. The number of carbonyl (C=O) groups is 1. The van der Waals surface area contributed by atoms with E-state index in [1.807, 2.05) is 60.7 Å². The number of nitrogens with zero attached hydrogens (tertiary/aromatic N) is 2. The summed E-state index contributed by atoms with van der Waals surface area (Å²) in [7, 11) is 1.79. The van der Waals surface area contributed by atoms with Crippen molar-refractivity contribution in [2.45, 2.75) is 6.61 Å². The standard InChI is InChI=1S/C20H20N2O2/c1-22(12-13-24-15-16-6-3-2-4-7-16)20(23)18-9-10-19-17(14-18)8-5-11-21-19/h2-11,14H,12-13,15H2,1H3. The molecule has 0 unspecified atom stereocenters. The highest BCUT2D eigenvalue weighted by atomic mass is 16.5. The number of carbonyl (C=O) groups excluding carboxylic acids is 1. The van der Waals surface area contributed by atoms with Crippen LogP contribution in [0.15, 0.2) is 66.9 Å². The van der Waals surface area contributed by atoms with Crippen LogP contribution in [0.4, 0.5) is 0 Å². The predicted octanol–water partition coefficient (Wildman–Crippen LogP) is 3.52. The number of likely N-dealkylation sites (N-methyl/N-ethyl adjacent to an activating group) is 1. The molecule has 0 saturated carbocycles. The maximum absolute atomic E-state index is 12.5. The predicted molar refractivity (Wildman–Crippen MR) is 94.8 cm³/mol. The molecule has 0 N–H and O–H groups in total. The van der Waals surface area contributed by atoms with Gasteiger partial charge in [-0.15, -0.1) is 0 Å². The first-order chi connectivity index (χ1) is 11.7. The van der Waals surface area contributed by atoms with E-state index < -0.39 is 0 Å². The van der Waals surface area contributed by atoms with Gasteiger partial charge in [-0.25, -0.2) is 0 Å². The lowest BCUT2D eigenvalue weighted by atomic mass is 10.1. The third-order valence-corrected chi connectivity index (χ3v) is 3.88. The minimum Gasteiger partial charge on any atom is -0.375 e. The Bertz CT molecular complexity index is 818. The van der Waals surface area contributed by atoms with E-state index in [0.29, 0.717) is 25.3 Å². The first-order valence-corrected chi connectivity index (χ1v) is 7.96. The Hall–Kier alpha value is -2.72. The van der Waals surface area contributed by atoms with Crippen molar-refractivity contribution in [3.63, 3.8) is 0 Å². The number of ether oxygens (including phenoxy) is 1. The van der Waals surface area contributed by atoms with Crippen LogP contribution in [0.25, 0.3) is 10.9 Å². The highest BCUT2D eigenvalue weighted by molar-refractivity contribution is 5.97. The fourth-order valence-electron chi connectivity index (χ4n) is 2.50. The van der Waals surface area contributed by atoms with Crippen molar-refractivity contribution in [1.82, 2.24) is 9.88 Å². The van der Waals surface area contributed by atoms with Crippen molar-refractivity contribution in [1.29, 1.82) is 0 Å². The van der Waals surface area contributed by atoms with Gasteiger partial charge in [-0.2, -0.15) is 0 Å². The number of amides is 1. The Morgan fingerprint density at radius 2 is 1.92 bits per heavy atom. The lowest BCUT2D eigenvalue weighted by Gasteiger charge is -2.17. The molecule has 2 aromatic carbocycles. The zero-order chi connectivity index (χ0) is 16.8. The molecule has 122 valence electrons. The van der Waals surface area contributed by atoms with Crippen LogP contribution < -0.4 is 0 Å². The van der Waals surface area contributed by atoms with Gasteiger partial charge >= 0.3 is 0 Å². The van der Waals surface area contributed by atoms with Crippen LogP contribution in [0.5, 0.6) is 0 Å². The van der Waals surface area contributed by atoms with Crippen LogP contribution in [0, 0.1) is 0 Å².